The molecule has 0 spiro atoms. The van der Waals surface area contributed by atoms with Crippen LogP contribution in [-0.4, -0.2) is 24.9 Å². The van der Waals surface area contributed by atoms with Gasteiger partial charge in [-0.25, -0.2) is 12.8 Å². The molecule has 0 fully saturated rings. The van der Waals surface area contributed by atoms with Gasteiger partial charge in [0.25, 0.3) is 0 Å². The Hall–Kier alpha value is -3.19. The summed E-state index contributed by atoms with van der Waals surface area (Å²) in [5.41, 5.74) is 1.49. The van der Waals surface area contributed by atoms with Crippen LogP contribution in [0.5, 0.6) is 0 Å². The van der Waals surface area contributed by atoms with Crippen molar-refractivity contribution < 1.29 is 17.6 Å². The second-order valence-corrected chi connectivity index (χ2v) is 9.96. The van der Waals surface area contributed by atoms with Gasteiger partial charge in [0.05, 0.1) is 5.02 Å². The number of sulfonamides is 1. The fourth-order valence-corrected chi connectivity index (χ4v) is 5.69. The maximum absolute atomic E-state index is 13.2. The van der Waals surface area contributed by atoms with E-state index >= 15 is 0 Å². The average Bonchev–Trinajstić information content (AvgIpc) is 3.26. The highest BCUT2D eigenvalue weighted by molar-refractivity contribution is 7.89. The molecule has 7 nitrogen and oxygen atoms in total. The van der Waals surface area contributed by atoms with Gasteiger partial charge in [-0.15, -0.1) is 0 Å². The monoisotopic (exact) mass is 502 g/mol. The summed E-state index contributed by atoms with van der Waals surface area (Å²) in [4.78, 5) is 13.0. The first kappa shape index (κ1) is 25.4. The molecule has 1 amide bonds. The van der Waals surface area contributed by atoms with Crippen LogP contribution in [0.4, 0.5) is 4.39 Å². The van der Waals surface area contributed by atoms with Crippen molar-refractivity contribution in [1.82, 2.24) is 14.6 Å². The van der Waals surface area contributed by atoms with Gasteiger partial charge in [0, 0.05) is 18.8 Å². The van der Waals surface area contributed by atoms with E-state index in [1.165, 1.54) is 30.3 Å². The highest BCUT2D eigenvalue weighted by Gasteiger charge is 2.30. The molecular weight excluding hydrogens is 479 g/mol. The first-order valence-electron chi connectivity index (χ1n) is 10.5. The lowest BCUT2D eigenvalue weighted by Crippen LogP contribution is -2.47. The standard InChI is InChI=1S/C24H24ClFN4O3S/c1-16-5-3-7-21(25)23(16)34(32,33)29-22(13-17(2)30-12-4-6-20(30)14-27)24(31)28-15-18-8-10-19(26)11-9-18/h3-12,17,22,29H,13,15H2,1-2H3,(H,28,31). The number of nitriles is 1. The number of hydrogen-bond acceptors (Lipinski definition) is 4. The lowest BCUT2D eigenvalue weighted by Gasteiger charge is -2.24. The molecule has 0 saturated carbocycles. The first-order chi connectivity index (χ1) is 16.1. The molecule has 3 rings (SSSR count). The topological polar surface area (TPSA) is 104 Å². The zero-order valence-corrected chi connectivity index (χ0v) is 20.2. The Labute approximate surface area is 203 Å². The van der Waals surface area contributed by atoms with E-state index in [0.717, 1.165) is 0 Å². The van der Waals surface area contributed by atoms with Crippen LogP contribution < -0.4 is 10.0 Å². The van der Waals surface area contributed by atoms with Crippen molar-refractivity contribution in [2.24, 2.45) is 0 Å². The summed E-state index contributed by atoms with van der Waals surface area (Å²) in [7, 11) is -4.15. The number of amides is 1. The molecule has 0 radical (unpaired) electrons. The van der Waals surface area contributed by atoms with Gasteiger partial charge >= 0.3 is 0 Å². The number of halogens is 2. The van der Waals surface area contributed by atoms with Crippen LogP contribution in [0.1, 0.15) is 36.2 Å². The summed E-state index contributed by atoms with van der Waals surface area (Å²) in [6.07, 6.45) is 1.77. The van der Waals surface area contributed by atoms with Crippen LogP contribution >= 0.6 is 11.6 Å². The van der Waals surface area contributed by atoms with Crippen LogP contribution in [0.2, 0.25) is 5.02 Å². The van der Waals surface area contributed by atoms with Crippen LogP contribution in [0.3, 0.4) is 0 Å². The van der Waals surface area contributed by atoms with E-state index in [2.05, 4.69) is 16.1 Å². The zero-order valence-electron chi connectivity index (χ0n) is 18.6. The number of nitrogens with one attached hydrogen (secondary N) is 2. The molecule has 2 atom stereocenters. The van der Waals surface area contributed by atoms with Crippen molar-refractivity contribution in [1.29, 1.82) is 5.26 Å². The molecule has 0 saturated heterocycles. The molecule has 0 aliphatic heterocycles. The Morgan fingerprint density at radius 2 is 1.88 bits per heavy atom. The van der Waals surface area contributed by atoms with Crippen molar-refractivity contribution in [2.75, 3.05) is 0 Å². The molecule has 2 unspecified atom stereocenters. The smallest absolute Gasteiger partial charge is 0.243 e. The van der Waals surface area contributed by atoms with E-state index in [-0.39, 0.29) is 28.9 Å². The van der Waals surface area contributed by atoms with E-state index in [9.17, 15) is 22.9 Å². The fourth-order valence-electron chi connectivity index (χ4n) is 3.65. The zero-order chi connectivity index (χ0) is 24.9. The molecule has 0 aliphatic rings. The average molecular weight is 503 g/mol. The van der Waals surface area contributed by atoms with Gasteiger partial charge in [-0.3, -0.25) is 4.79 Å². The summed E-state index contributed by atoms with van der Waals surface area (Å²) >= 11 is 6.17. The SMILES string of the molecule is Cc1cccc(Cl)c1S(=O)(=O)NC(CC(C)n1cccc1C#N)C(=O)NCc1ccc(F)cc1. The van der Waals surface area contributed by atoms with Crippen molar-refractivity contribution in [3.63, 3.8) is 0 Å². The summed E-state index contributed by atoms with van der Waals surface area (Å²) in [5.74, 6) is -0.959. The number of aromatic nitrogens is 1. The second kappa shape index (κ2) is 10.8. The predicted octanol–water partition coefficient (Wildman–Crippen LogP) is 4.08. The number of aryl methyl sites for hydroxylation is 1. The molecule has 34 heavy (non-hydrogen) atoms. The van der Waals surface area contributed by atoms with E-state index in [4.69, 9.17) is 11.6 Å². The van der Waals surface area contributed by atoms with Crippen LogP contribution in [-0.2, 0) is 21.4 Å². The number of carbonyl (C=O) groups is 1. The highest BCUT2D eigenvalue weighted by atomic mass is 35.5. The highest BCUT2D eigenvalue weighted by Crippen LogP contribution is 2.26. The fraction of sp³-hybridized carbons (Fsp3) is 0.250. The largest absolute Gasteiger partial charge is 0.351 e. The van der Waals surface area contributed by atoms with Crippen LogP contribution in [0, 0.1) is 24.1 Å². The van der Waals surface area contributed by atoms with Gasteiger partial charge in [0.2, 0.25) is 15.9 Å². The molecule has 2 aromatic carbocycles. The minimum atomic E-state index is -4.15. The minimum Gasteiger partial charge on any atom is -0.351 e. The van der Waals surface area contributed by atoms with E-state index in [0.29, 0.717) is 16.8 Å². The Morgan fingerprint density at radius 1 is 1.18 bits per heavy atom. The third-order valence-electron chi connectivity index (χ3n) is 5.37. The molecule has 178 valence electrons. The van der Waals surface area contributed by atoms with E-state index in [1.807, 2.05) is 0 Å². The normalized spacial score (nSPS) is 13.1. The molecule has 3 aromatic rings. The van der Waals surface area contributed by atoms with Gasteiger partial charge < -0.3 is 9.88 Å². The molecule has 2 N–H and O–H groups in total. The maximum Gasteiger partial charge on any atom is 0.243 e. The molecular formula is C24H24ClFN4O3S. The van der Waals surface area contributed by atoms with Gasteiger partial charge in [-0.1, -0.05) is 35.9 Å². The first-order valence-corrected chi connectivity index (χ1v) is 12.3. The van der Waals surface area contributed by atoms with Crippen molar-refractivity contribution >= 4 is 27.5 Å². The number of nitrogens with zero attached hydrogens (tertiary/aromatic N) is 2. The van der Waals surface area contributed by atoms with Crippen molar-refractivity contribution in [2.45, 2.75) is 43.8 Å². The van der Waals surface area contributed by atoms with Crippen molar-refractivity contribution in [3.8, 4) is 6.07 Å². The Balaban J connectivity index is 1.86. The Bertz CT molecular complexity index is 1300. The molecule has 1 heterocycles. The van der Waals surface area contributed by atoms with Gasteiger partial charge in [0.1, 0.15) is 28.5 Å². The molecule has 0 aliphatic carbocycles. The lowest BCUT2D eigenvalue weighted by molar-refractivity contribution is -0.123. The third kappa shape index (κ3) is 6.03. The predicted molar refractivity (Wildman–Crippen MR) is 127 cm³/mol. The van der Waals surface area contributed by atoms with Gasteiger partial charge in [0.15, 0.2) is 0 Å². The Kier molecular flexibility index (Phi) is 8.10. The summed E-state index contributed by atoms with van der Waals surface area (Å²) in [6.45, 7) is 3.49. The van der Waals surface area contributed by atoms with E-state index in [1.54, 1.807) is 48.9 Å². The van der Waals surface area contributed by atoms with Crippen molar-refractivity contribution in [3.05, 3.63) is 88.5 Å². The summed E-state index contributed by atoms with van der Waals surface area (Å²) < 4.78 is 43.8. The summed E-state index contributed by atoms with van der Waals surface area (Å²) in [6, 6.07) is 14.2. The molecule has 10 heteroatoms. The van der Waals surface area contributed by atoms with Gasteiger partial charge in [-0.2, -0.15) is 9.98 Å². The minimum absolute atomic E-state index is 0.0446. The second-order valence-electron chi connectivity index (χ2n) is 7.90. The molecule has 1 aromatic heterocycles. The maximum atomic E-state index is 13.2. The Morgan fingerprint density at radius 3 is 2.53 bits per heavy atom. The van der Waals surface area contributed by atoms with Crippen LogP contribution in [0.15, 0.2) is 65.7 Å². The number of benzene rings is 2. The number of carbonyl (C=O) groups excluding carboxylic acids is 1. The van der Waals surface area contributed by atoms with Gasteiger partial charge in [-0.05, 0) is 61.7 Å². The summed E-state index contributed by atoms with van der Waals surface area (Å²) in [5, 5.41) is 12.1. The number of rotatable bonds is 9. The number of hydrogen-bond donors (Lipinski definition) is 2. The quantitative estimate of drug-likeness (QED) is 0.460. The van der Waals surface area contributed by atoms with Crippen LogP contribution in [0.25, 0.3) is 0 Å². The lowest BCUT2D eigenvalue weighted by atomic mass is 10.1. The molecule has 0 bridgehead atoms. The third-order valence-corrected chi connectivity index (χ3v) is 7.47. The van der Waals surface area contributed by atoms with E-state index < -0.39 is 27.8 Å².